The summed E-state index contributed by atoms with van der Waals surface area (Å²) in [6.45, 7) is 2.85. The van der Waals surface area contributed by atoms with E-state index >= 15 is 0 Å². The molecule has 0 fully saturated rings. The normalized spacial score (nSPS) is 12.2. The average molecular weight is 389 g/mol. The molecule has 2 aromatic rings. The standard InChI is InChI=1S/C16H16BrCl2NO/c1-3-20-16(15-12(18)5-4-6-13(15)19)10-7-8-14(21-2)11(17)9-10/h4-9,16,20H,3H2,1-2H3. The van der Waals surface area contributed by atoms with Gasteiger partial charge in [0.05, 0.1) is 17.6 Å². The molecule has 1 atom stereocenters. The maximum absolute atomic E-state index is 6.35. The van der Waals surface area contributed by atoms with Gasteiger partial charge in [-0.15, -0.1) is 0 Å². The molecule has 1 unspecified atom stereocenters. The minimum Gasteiger partial charge on any atom is -0.496 e. The molecule has 0 radical (unpaired) electrons. The van der Waals surface area contributed by atoms with Crippen LogP contribution in [0.3, 0.4) is 0 Å². The zero-order valence-electron chi connectivity index (χ0n) is 11.8. The third-order valence-electron chi connectivity index (χ3n) is 3.21. The van der Waals surface area contributed by atoms with Crippen molar-refractivity contribution in [3.05, 3.63) is 62.0 Å². The summed E-state index contributed by atoms with van der Waals surface area (Å²) in [6, 6.07) is 11.4. The Morgan fingerprint density at radius 1 is 1.19 bits per heavy atom. The van der Waals surface area contributed by atoms with Crippen molar-refractivity contribution in [3.63, 3.8) is 0 Å². The summed E-state index contributed by atoms with van der Waals surface area (Å²) in [4.78, 5) is 0. The van der Waals surface area contributed by atoms with Crippen LogP contribution in [0.15, 0.2) is 40.9 Å². The number of benzene rings is 2. The van der Waals surface area contributed by atoms with Crippen molar-refractivity contribution in [2.24, 2.45) is 0 Å². The highest BCUT2D eigenvalue weighted by atomic mass is 79.9. The van der Waals surface area contributed by atoms with Crippen LogP contribution < -0.4 is 10.1 Å². The highest BCUT2D eigenvalue weighted by Gasteiger charge is 2.20. The van der Waals surface area contributed by atoms with Crippen LogP contribution in [0.2, 0.25) is 10.0 Å². The van der Waals surface area contributed by atoms with Crippen LogP contribution in [0.1, 0.15) is 24.1 Å². The summed E-state index contributed by atoms with van der Waals surface area (Å²) in [7, 11) is 1.65. The van der Waals surface area contributed by atoms with Crippen molar-refractivity contribution in [2.75, 3.05) is 13.7 Å². The van der Waals surface area contributed by atoms with Gasteiger partial charge in [0.25, 0.3) is 0 Å². The van der Waals surface area contributed by atoms with E-state index in [0.29, 0.717) is 10.0 Å². The van der Waals surface area contributed by atoms with Crippen LogP contribution in [0.5, 0.6) is 5.75 Å². The number of hydrogen-bond donors (Lipinski definition) is 1. The van der Waals surface area contributed by atoms with Gasteiger partial charge in [0.2, 0.25) is 0 Å². The van der Waals surface area contributed by atoms with Gasteiger partial charge >= 0.3 is 0 Å². The molecule has 0 aliphatic rings. The van der Waals surface area contributed by atoms with Gasteiger partial charge in [0, 0.05) is 15.6 Å². The van der Waals surface area contributed by atoms with Gasteiger partial charge in [-0.25, -0.2) is 0 Å². The average Bonchev–Trinajstić information content (AvgIpc) is 2.46. The molecule has 0 amide bonds. The molecule has 2 rings (SSSR count). The fraction of sp³-hybridized carbons (Fsp3) is 0.250. The minimum absolute atomic E-state index is 0.0709. The summed E-state index contributed by atoms with van der Waals surface area (Å²) < 4.78 is 6.17. The van der Waals surface area contributed by atoms with Gasteiger partial charge in [-0.05, 0) is 52.3 Å². The van der Waals surface area contributed by atoms with E-state index < -0.39 is 0 Å². The summed E-state index contributed by atoms with van der Waals surface area (Å²) in [5, 5.41) is 4.74. The van der Waals surface area contributed by atoms with Crippen molar-refractivity contribution in [1.82, 2.24) is 5.32 Å². The Hall–Kier alpha value is -0.740. The van der Waals surface area contributed by atoms with Crippen molar-refractivity contribution in [2.45, 2.75) is 13.0 Å². The first kappa shape index (κ1) is 16.6. The fourth-order valence-electron chi connectivity index (χ4n) is 2.24. The third-order valence-corrected chi connectivity index (χ3v) is 4.48. The van der Waals surface area contributed by atoms with Crippen molar-refractivity contribution in [3.8, 4) is 5.75 Å². The molecule has 0 aromatic heterocycles. The SMILES string of the molecule is CCNC(c1ccc(OC)c(Br)c1)c1c(Cl)cccc1Cl. The van der Waals surface area contributed by atoms with Gasteiger partial charge in [-0.1, -0.05) is 42.3 Å². The lowest BCUT2D eigenvalue weighted by atomic mass is 9.98. The monoisotopic (exact) mass is 387 g/mol. The Balaban J connectivity index is 2.51. The first-order valence-electron chi connectivity index (χ1n) is 6.59. The molecular weight excluding hydrogens is 373 g/mol. The first-order chi connectivity index (χ1) is 10.1. The van der Waals surface area contributed by atoms with Crippen LogP contribution in [0.25, 0.3) is 0 Å². The zero-order chi connectivity index (χ0) is 15.4. The molecule has 0 saturated heterocycles. The highest BCUT2D eigenvalue weighted by molar-refractivity contribution is 9.10. The van der Waals surface area contributed by atoms with Gasteiger partial charge in [0.1, 0.15) is 5.75 Å². The lowest BCUT2D eigenvalue weighted by Crippen LogP contribution is -2.22. The number of methoxy groups -OCH3 is 1. The Kier molecular flexibility index (Phi) is 5.94. The van der Waals surface area contributed by atoms with Gasteiger partial charge in [-0.2, -0.15) is 0 Å². The van der Waals surface area contributed by atoms with Crippen molar-refractivity contribution >= 4 is 39.1 Å². The van der Waals surface area contributed by atoms with E-state index in [1.54, 1.807) is 7.11 Å². The van der Waals surface area contributed by atoms with Crippen LogP contribution >= 0.6 is 39.1 Å². The molecule has 0 aliphatic carbocycles. The van der Waals surface area contributed by atoms with Gasteiger partial charge in [-0.3, -0.25) is 0 Å². The molecular formula is C16H16BrCl2NO. The summed E-state index contributed by atoms with van der Waals surface area (Å²) in [6.07, 6.45) is 0. The predicted octanol–water partition coefficient (Wildman–Crippen LogP) is 5.46. The summed E-state index contributed by atoms with van der Waals surface area (Å²) in [5.41, 5.74) is 1.96. The topological polar surface area (TPSA) is 21.3 Å². The molecule has 0 aliphatic heterocycles. The second-order valence-electron chi connectivity index (χ2n) is 4.52. The van der Waals surface area contributed by atoms with E-state index in [-0.39, 0.29) is 6.04 Å². The fourth-order valence-corrected chi connectivity index (χ4v) is 3.41. The second-order valence-corrected chi connectivity index (χ2v) is 6.19. The Labute approximate surface area is 143 Å². The molecule has 21 heavy (non-hydrogen) atoms. The molecule has 112 valence electrons. The van der Waals surface area contributed by atoms with E-state index in [1.807, 2.05) is 36.4 Å². The summed E-state index contributed by atoms with van der Waals surface area (Å²) >= 11 is 16.2. The van der Waals surface area contributed by atoms with E-state index in [2.05, 4.69) is 28.2 Å². The van der Waals surface area contributed by atoms with E-state index in [0.717, 1.165) is 27.9 Å². The van der Waals surface area contributed by atoms with Crippen LogP contribution in [0, 0.1) is 0 Å². The Morgan fingerprint density at radius 3 is 2.38 bits per heavy atom. The molecule has 0 heterocycles. The lowest BCUT2D eigenvalue weighted by Gasteiger charge is -2.22. The van der Waals surface area contributed by atoms with E-state index in [1.165, 1.54) is 0 Å². The maximum Gasteiger partial charge on any atom is 0.133 e. The van der Waals surface area contributed by atoms with Crippen LogP contribution in [-0.4, -0.2) is 13.7 Å². The molecule has 0 saturated carbocycles. The zero-order valence-corrected chi connectivity index (χ0v) is 14.9. The summed E-state index contributed by atoms with van der Waals surface area (Å²) in [5.74, 6) is 0.791. The van der Waals surface area contributed by atoms with Crippen molar-refractivity contribution in [1.29, 1.82) is 0 Å². The molecule has 0 spiro atoms. The smallest absolute Gasteiger partial charge is 0.133 e. The molecule has 0 bridgehead atoms. The third kappa shape index (κ3) is 3.72. The van der Waals surface area contributed by atoms with E-state index in [4.69, 9.17) is 27.9 Å². The van der Waals surface area contributed by atoms with Crippen molar-refractivity contribution < 1.29 is 4.74 Å². The Bertz CT molecular complexity index is 613. The Morgan fingerprint density at radius 2 is 1.86 bits per heavy atom. The largest absolute Gasteiger partial charge is 0.496 e. The number of rotatable bonds is 5. The first-order valence-corrected chi connectivity index (χ1v) is 8.14. The van der Waals surface area contributed by atoms with Gasteiger partial charge < -0.3 is 10.1 Å². The second kappa shape index (κ2) is 7.50. The maximum atomic E-state index is 6.35. The lowest BCUT2D eigenvalue weighted by molar-refractivity contribution is 0.412. The van der Waals surface area contributed by atoms with Crippen LogP contribution in [-0.2, 0) is 0 Å². The van der Waals surface area contributed by atoms with Crippen LogP contribution in [0.4, 0.5) is 0 Å². The number of hydrogen-bond acceptors (Lipinski definition) is 2. The molecule has 1 N–H and O–H groups in total. The van der Waals surface area contributed by atoms with E-state index in [9.17, 15) is 0 Å². The molecule has 2 nitrogen and oxygen atoms in total. The van der Waals surface area contributed by atoms with Gasteiger partial charge in [0.15, 0.2) is 0 Å². The predicted molar refractivity (Wildman–Crippen MR) is 92.7 cm³/mol. The molecule has 2 aromatic carbocycles. The quantitative estimate of drug-likeness (QED) is 0.733. The number of nitrogens with one attached hydrogen (secondary N) is 1. The minimum atomic E-state index is -0.0709. The number of ether oxygens (including phenoxy) is 1. The number of halogens is 3. The molecule has 5 heteroatoms. The highest BCUT2D eigenvalue weighted by Crippen LogP contribution is 2.36.